The molecule has 0 spiro atoms. The molecule has 2 aromatic rings. The van der Waals surface area contributed by atoms with Crippen molar-refractivity contribution in [3.05, 3.63) is 51.8 Å². The van der Waals surface area contributed by atoms with E-state index in [9.17, 15) is 14.5 Å². The van der Waals surface area contributed by atoms with E-state index < -0.39 is 16.4 Å². The number of hydrogen-bond acceptors (Lipinski definition) is 6. The van der Waals surface area contributed by atoms with E-state index in [4.69, 9.17) is 14.2 Å². The lowest BCUT2D eigenvalue weighted by Crippen LogP contribution is -2.06. The number of halogens is 1. The van der Waals surface area contributed by atoms with Crippen LogP contribution in [0, 0.1) is 15.9 Å². The molecule has 2 aromatic carbocycles. The SMILES string of the molecule is COc1ccc(CNc2cccc(F)c2[N+](=O)[O-])c(OC)c1OC. The number of nitrogens with zero attached hydrogens (tertiary/aromatic N) is 1. The average molecular weight is 336 g/mol. The molecule has 0 aliphatic carbocycles. The summed E-state index contributed by atoms with van der Waals surface area (Å²) >= 11 is 0. The highest BCUT2D eigenvalue weighted by Gasteiger charge is 2.21. The summed E-state index contributed by atoms with van der Waals surface area (Å²) in [5, 5.41) is 13.9. The van der Waals surface area contributed by atoms with Crippen molar-refractivity contribution in [1.82, 2.24) is 0 Å². The Kier molecular flexibility index (Phi) is 5.41. The highest BCUT2D eigenvalue weighted by atomic mass is 19.1. The molecular formula is C16H17FN2O5. The Balaban J connectivity index is 2.34. The van der Waals surface area contributed by atoms with Crippen LogP contribution in [-0.4, -0.2) is 26.3 Å². The van der Waals surface area contributed by atoms with Gasteiger partial charge < -0.3 is 19.5 Å². The average Bonchev–Trinajstić information content (AvgIpc) is 2.58. The molecule has 0 amide bonds. The fraction of sp³-hybridized carbons (Fsp3) is 0.250. The summed E-state index contributed by atoms with van der Waals surface area (Å²) in [6.07, 6.45) is 0. The van der Waals surface area contributed by atoms with E-state index in [1.807, 2.05) is 0 Å². The maximum absolute atomic E-state index is 13.6. The summed E-state index contributed by atoms with van der Waals surface area (Å²) in [7, 11) is 4.46. The molecule has 0 aliphatic heterocycles. The molecular weight excluding hydrogens is 319 g/mol. The molecule has 0 fully saturated rings. The van der Waals surface area contributed by atoms with Crippen molar-refractivity contribution >= 4 is 11.4 Å². The molecule has 7 nitrogen and oxygen atoms in total. The number of hydrogen-bond donors (Lipinski definition) is 1. The smallest absolute Gasteiger partial charge is 0.327 e. The summed E-state index contributed by atoms with van der Waals surface area (Å²) in [5.74, 6) is 0.440. The van der Waals surface area contributed by atoms with Gasteiger partial charge in [0, 0.05) is 12.1 Å². The van der Waals surface area contributed by atoms with Gasteiger partial charge >= 0.3 is 5.69 Å². The van der Waals surface area contributed by atoms with Crippen LogP contribution < -0.4 is 19.5 Å². The molecule has 0 unspecified atom stereocenters. The van der Waals surface area contributed by atoms with Crippen molar-refractivity contribution in [1.29, 1.82) is 0 Å². The highest BCUT2D eigenvalue weighted by Crippen LogP contribution is 2.40. The molecule has 0 aromatic heterocycles. The van der Waals surface area contributed by atoms with Crippen molar-refractivity contribution in [3.8, 4) is 17.2 Å². The number of methoxy groups -OCH3 is 3. The van der Waals surface area contributed by atoms with Gasteiger partial charge in [-0.1, -0.05) is 6.07 Å². The summed E-state index contributed by atoms with van der Waals surface area (Å²) in [4.78, 5) is 10.3. The fourth-order valence-corrected chi connectivity index (χ4v) is 2.34. The Morgan fingerprint density at radius 3 is 2.38 bits per heavy atom. The number of nitro groups is 1. The molecule has 0 heterocycles. The Hall–Kier alpha value is -3.03. The number of rotatable bonds is 7. The van der Waals surface area contributed by atoms with Gasteiger partial charge in [0.25, 0.3) is 0 Å². The number of benzene rings is 2. The van der Waals surface area contributed by atoms with E-state index in [1.165, 1.54) is 33.5 Å². The summed E-state index contributed by atoms with van der Waals surface area (Å²) in [5.41, 5.74) is 0.155. The predicted molar refractivity (Wildman–Crippen MR) is 86.5 cm³/mol. The fourth-order valence-electron chi connectivity index (χ4n) is 2.34. The van der Waals surface area contributed by atoms with Crippen LogP contribution in [0.25, 0.3) is 0 Å². The normalized spacial score (nSPS) is 10.2. The van der Waals surface area contributed by atoms with Gasteiger partial charge in [-0.25, -0.2) is 0 Å². The molecule has 0 saturated carbocycles. The first kappa shape index (κ1) is 17.3. The largest absolute Gasteiger partial charge is 0.493 e. The van der Waals surface area contributed by atoms with Crippen LogP contribution in [0.4, 0.5) is 15.8 Å². The second-order valence-corrected chi connectivity index (χ2v) is 4.74. The van der Waals surface area contributed by atoms with Gasteiger partial charge in [-0.05, 0) is 24.3 Å². The Morgan fingerprint density at radius 1 is 1.08 bits per heavy atom. The van der Waals surface area contributed by atoms with E-state index in [1.54, 1.807) is 12.1 Å². The lowest BCUT2D eigenvalue weighted by atomic mass is 10.1. The zero-order valence-electron chi connectivity index (χ0n) is 13.5. The van der Waals surface area contributed by atoms with E-state index in [-0.39, 0.29) is 12.2 Å². The van der Waals surface area contributed by atoms with Crippen LogP contribution in [0.1, 0.15) is 5.56 Å². The zero-order chi connectivity index (χ0) is 17.7. The minimum absolute atomic E-state index is 0.0804. The van der Waals surface area contributed by atoms with E-state index in [0.717, 1.165) is 6.07 Å². The molecule has 128 valence electrons. The van der Waals surface area contributed by atoms with Crippen LogP contribution in [0.2, 0.25) is 0 Å². The number of para-hydroxylation sites is 1. The molecule has 1 N–H and O–H groups in total. The monoisotopic (exact) mass is 336 g/mol. The molecule has 0 radical (unpaired) electrons. The molecule has 2 rings (SSSR count). The molecule has 0 bridgehead atoms. The maximum Gasteiger partial charge on any atom is 0.327 e. The quantitative estimate of drug-likeness (QED) is 0.616. The second kappa shape index (κ2) is 7.49. The van der Waals surface area contributed by atoms with Gasteiger partial charge in [-0.2, -0.15) is 4.39 Å². The Labute approximate surface area is 138 Å². The first-order chi connectivity index (χ1) is 11.5. The third-order valence-electron chi connectivity index (χ3n) is 3.42. The third-order valence-corrected chi connectivity index (χ3v) is 3.42. The van der Waals surface area contributed by atoms with Crippen molar-refractivity contribution in [2.75, 3.05) is 26.6 Å². The van der Waals surface area contributed by atoms with Crippen LogP contribution in [0.3, 0.4) is 0 Å². The van der Waals surface area contributed by atoms with Gasteiger partial charge in [-0.3, -0.25) is 10.1 Å². The number of nitro benzene ring substituents is 1. The van der Waals surface area contributed by atoms with Crippen molar-refractivity contribution in [3.63, 3.8) is 0 Å². The van der Waals surface area contributed by atoms with Crippen LogP contribution in [0.15, 0.2) is 30.3 Å². The van der Waals surface area contributed by atoms with Crippen molar-refractivity contribution < 1.29 is 23.5 Å². The van der Waals surface area contributed by atoms with Crippen LogP contribution in [0.5, 0.6) is 17.2 Å². The molecule has 0 atom stereocenters. The first-order valence-corrected chi connectivity index (χ1v) is 6.98. The van der Waals surface area contributed by atoms with E-state index in [0.29, 0.717) is 22.8 Å². The standard InChI is InChI=1S/C16H17FN2O5/c1-22-13-8-7-10(15(23-2)16(13)24-3)9-18-12-6-4-5-11(17)14(12)19(20)21/h4-8,18H,9H2,1-3H3. The molecule has 8 heteroatoms. The Morgan fingerprint density at radius 2 is 1.79 bits per heavy atom. The lowest BCUT2D eigenvalue weighted by Gasteiger charge is -2.16. The maximum atomic E-state index is 13.6. The van der Waals surface area contributed by atoms with Crippen LogP contribution in [-0.2, 0) is 6.54 Å². The minimum Gasteiger partial charge on any atom is -0.493 e. The summed E-state index contributed by atoms with van der Waals surface area (Å²) in [6, 6.07) is 7.31. The number of anilines is 1. The second-order valence-electron chi connectivity index (χ2n) is 4.74. The van der Waals surface area contributed by atoms with Gasteiger partial charge in [0.2, 0.25) is 11.6 Å². The molecule has 24 heavy (non-hydrogen) atoms. The predicted octanol–water partition coefficient (Wildman–Crippen LogP) is 3.37. The summed E-state index contributed by atoms with van der Waals surface area (Å²) < 4.78 is 29.5. The highest BCUT2D eigenvalue weighted by molar-refractivity contribution is 5.63. The van der Waals surface area contributed by atoms with Gasteiger partial charge in [0.1, 0.15) is 5.69 Å². The molecule has 0 saturated heterocycles. The van der Waals surface area contributed by atoms with Gasteiger partial charge in [0.05, 0.1) is 26.3 Å². The van der Waals surface area contributed by atoms with Gasteiger partial charge in [0.15, 0.2) is 11.5 Å². The van der Waals surface area contributed by atoms with Crippen molar-refractivity contribution in [2.45, 2.75) is 6.54 Å². The Bertz CT molecular complexity index is 751. The topological polar surface area (TPSA) is 82.9 Å². The van der Waals surface area contributed by atoms with E-state index in [2.05, 4.69) is 5.32 Å². The lowest BCUT2D eigenvalue weighted by molar-refractivity contribution is -0.386. The number of ether oxygens (including phenoxy) is 3. The van der Waals surface area contributed by atoms with E-state index >= 15 is 0 Å². The van der Waals surface area contributed by atoms with Crippen molar-refractivity contribution in [2.24, 2.45) is 0 Å². The number of nitrogens with one attached hydrogen (secondary N) is 1. The van der Waals surface area contributed by atoms with Gasteiger partial charge in [-0.15, -0.1) is 0 Å². The minimum atomic E-state index is -0.899. The van der Waals surface area contributed by atoms with Crippen LogP contribution >= 0.6 is 0 Å². The zero-order valence-corrected chi connectivity index (χ0v) is 13.5. The summed E-state index contributed by atoms with van der Waals surface area (Å²) in [6.45, 7) is 0.174. The molecule has 0 aliphatic rings. The first-order valence-electron chi connectivity index (χ1n) is 6.98. The third kappa shape index (κ3) is 3.32.